The Balaban J connectivity index is 1.94. The van der Waals surface area contributed by atoms with E-state index in [1.54, 1.807) is 24.3 Å². The predicted molar refractivity (Wildman–Crippen MR) is 82.9 cm³/mol. The van der Waals surface area contributed by atoms with Crippen LogP contribution in [0.1, 0.15) is 11.5 Å². The molecule has 0 saturated heterocycles. The third-order valence-electron chi connectivity index (χ3n) is 2.99. The molecule has 0 radical (unpaired) electrons. The number of rotatable bonds is 7. The van der Waals surface area contributed by atoms with Gasteiger partial charge in [0.25, 0.3) is 15.9 Å². The molecule has 0 bridgehead atoms. The van der Waals surface area contributed by atoms with Gasteiger partial charge in [-0.1, -0.05) is 17.3 Å². The van der Waals surface area contributed by atoms with Crippen molar-refractivity contribution in [2.24, 2.45) is 0 Å². The minimum Gasteiger partial charge on any atom is -0.493 e. The number of carbonyl (C=O) groups is 1. The summed E-state index contributed by atoms with van der Waals surface area (Å²) in [5, 5.41) is 3.56. The second-order valence-corrected chi connectivity index (χ2v) is 6.37. The maximum Gasteiger partial charge on any atom is 0.272 e. The van der Waals surface area contributed by atoms with Gasteiger partial charge in [-0.25, -0.2) is 8.42 Å². The Bertz CT molecular complexity index is 811. The molecule has 1 amide bonds. The fourth-order valence-electron chi connectivity index (χ4n) is 1.95. The van der Waals surface area contributed by atoms with Crippen LogP contribution in [0, 0.1) is 13.8 Å². The number of hydrazine groups is 1. The summed E-state index contributed by atoms with van der Waals surface area (Å²) in [6, 6.07) is 6.77. The average Bonchev–Trinajstić information content (AvgIpc) is 2.90. The highest BCUT2D eigenvalue weighted by molar-refractivity contribution is 7.89. The molecule has 1 aromatic carbocycles. The Morgan fingerprint density at radius 3 is 2.50 bits per heavy atom. The summed E-state index contributed by atoms with van der Waals surface area (Å²) < 4.78 is 39.4. The predicted octanol–water partition coefficient (Wildman–Crippen LogP) is 0.689. The van der Waals surface area contributed by atoms with Gasteiger partial charge >= 0.3 is 0 Å². The van der Waals surface area contributed by atoms with Crippen molar-refractivity contribution in [2.75, 3.05) is 13.7 Å². The first-order valence-electron chi connectivity index (χ1n) is 6.84. The number of nitrogens with zero attached hydrogens (tertiary/aromatic N) is 1. The summed E-state index contributed by atoms with van der Waals surface area (Å²) in [7, 11) is -2.52. The van der Waals surface area contributed by atoms with Crippen LogP contribution in [-0.2, 0) is 14.8 Å². The van der Waals surface area contributed by atoms with E-state index >= 15 is 0 Å². The van der Waals surface area contributed by atoms with Crippen molar-refractivity contribution >= 4 is 15.9 Å². The lowest BCUT2D eigenvalue weighted by Gasteiger charge is -2.11. The monoisotopic (exact) mass is 355 g/mol. The van der Waals surface area contributed by atoms with Gasteiger partial charge in [0.2, 0.25) is 0 Å². The number of amides is 1. The third-order valence-corrected chi connectivity index (χ3v) is 4.48. The minimum absolute atomic E-state index is 0.117. The number of methoxy groups -OCH3 is 1. The summed E-state index contributed by atoms with van der Waals surface area (Å²) >= 11 is 0. The van der Waals surface area contributed by atoms with Gasteiger partial charge in [0, 0.05) is 0 Å². The molecule has 9 nitrogen and oxygen atoms in total. The number of aromatic nitrogens is 1. The molecule has 0 aliphatic rings. The highest BCUT2D eigenvalue weighted by Gasteiger charge is 2.24. The highest BCUT2D eigenvalue weighted by atomic mass is 32.2. The second kappa shape index (κ2) is 7.32. The molecule has 2 rings (SSSR count). The van der Waals surface area contributed by atoms with Crippen LogP contribution in [0.25, 0.3) is 0 Å². The van der Waals surface area contributed by atoms with Gasteiger partial charge in [0.1, 0.15) is 10.6 Å². The summed E-state index contributed by atoms with van der Waals surface area (Å²) in [5.74, 6) is 0.265. The lowest BCUT2D eigenvalue weighted by molar-refractivity contribution is -0.123. The van der Waals surface area contributed by atoms with Crippen LogP contribution in [-0.4, -0.2) is 33.2 Å². The standard InChI is InChI=1S/C14H17N3O6S/c1-9-14(10(2)23-16-9)24(19,20)17-15-13(18)8-22-12-7-5-4-6-11(12)21-3/h4-7,17H,8H2,1-3H3,(H,15,18). The molecule has 0 aliphatic carbocycles. The van der Waals surface area contributed by atoms with Gasteiger partial charge in [-0.05, 0) is 26.0 Å². The van der Waals surface area contributed by atoms with Gasteiger partial charge in [-0.2, -0.15) is 0 Å². The van der Waals surface area contributed by atoms with Crippen molar-refractivity contribution in [3.63, 3.8) is 0 Å². The molecule has 0 unspecified atom stereocenters. The van der Waals surface area contributed by atoms with E-state index in [9.17, 15) is 13.2 Å². The molecular formula is C14H17N3O6S. The van der Waals surface area contributed by atoms with Crippen LogP contribution in [0.5, 0.6) is 11.5 Å². The molecule has 130 valence electrons. The molecule has 1 heterocycles. The van der Waals surface area contributed by atoms with Crippen molar-refractivity contribution in [1.82, 2.24) is 15.4 Å². The van der Waals surface area contributed by atoms with E-state index in [0.29, 0.717) is 11.5 Å². The molecule has 10 heteroatoms. The third kappa shape index (κ3) is 4.03. The molecular weight excluding hydrogens is 338 g/mol. The first-order valence-corrected chi connectivity index (χ1v) is 8.33. The number of hydrogen-bond donors (Lipinski definition) is 2. The quantitative estimate of drug-likeness (QED) is 0.701. The number of ether oxygens (including phenoxy) is 2. The minimum atomic E-state index is -3.99. The molecule has 0 atom stereocenters. The van der Waals surface area contributed by atoms with Crippen molar-refractivity contribution in [1.29, 1.82) is 0 Å². The summed E-state index contributed by atoms with van der Waals surface area (Å²) in [6.07, 6.45) is 0. The van der Waals surface area contributed by atoms with Crippen molar-refractivity contribution < 1.29 is 27.2 Å². The maximum atomic E-state index is 12.1. The largest absolute Gasteiger partial charge is 0.493 e. The Hall–Kier alpha value is -2.59. The summed E-state index contributed by atoms with van der Waals surface area (Å²) in [4.78, 5) is 13.6. The molecule has 0 fully saturated rings. The molecule has 0 spiro atoms. The Morgan fingerprint density at radius 2 is 1.92 bits per heavy atom. The van der Waals surface area contributed by atoms with Crippen LogP contribution >= 0.6 is 0 Å². The number of para-hydroxylation sites is 2. The maximum absolute atomic E-state index is 12.1. The molecule has 1 aromatic heterocycles. The van der Waals surface area contributed by atoms with Crippen LogP contribution in [0.3, 0.4) is 0 Å². The lowest BCUT2D eigenvalue weighted by atomic mass is 10.3. The van der Waals surface area contributed by atoms with Gasteiger partial charge in [-0.3, -0.25) is 10.2 Å². The summed E-state index contributed by atoms with van der Waals surface area (Å²) in [6.45, 7) is 2.54. The van der Waals surface area contributed by atoms with Crippen LogP contribution in [0.2, 0.25) is 0 Å². The fraction of sp³-hybridized carbons (Fsp3) is 0.286. The first-order chi connectivity index (χ1) is 11.3. The van der Waals surface area contributed by atoms with Crippen molar-refractivity contribution in [2.45, 2.75) is 18.7 Å². The van der Waals surface area contributed by atoms with E-state index in [1.807, 2.05) is 4.83 Å². The van der Waals surface area contributed by atoms with Crippen molar-refractivity contribution in [3.8, 4) is 11.5 Å². The molecule has 0 aliphatic heterocycles. The molecule has 2 aromatic rings. The topological polar surface area (TPSA) is 120 Å². The Labute approximate surface area is 138 Å². The number of aryl methyl sites for hydroxylation is 2. The number of sulfonamides is 1. The first kappa shape index (κ1) is 17.8. The van der Waals surface area contributed by atoms with Crippen molar-refractivity contribution in [3.05, 3.63) is 35.7 Å². The van der Waals surface area contributed by atoms with E-state index in [0.717, 1.165) is 0 Å². The van der Waals surface area contributed by atoms with Crippen LogP contribution in [0.4, 0.5) is 0 Å². The summed E-state index contributed by atoms with van der Waals surface area (Å²) in [5.41, 5.74) is 2.26. The van der Waals surface area contributed by atoms with Gasteiger partial charge < -0.3 is 14.0 Å². The Kier molecular flexibility index (Phi) is 5.42. The highest BCUT2D eigenvalue weighted by Crippen LogP contribution is 2.25. The number of nitrogens with one attached hydrogen (secondary N) is 2. The van der Waals surface area contributed by atoms with E-state index < -0.39 is 22.5 Å². The van der Waals surface area contributed by atoms with E-state index in [-0.39, 0.29) is 16.3 Å². The lowest BCUT2D eigenvalue weighted by Crippen LogP contribution is -2.44. The van der Waals surface area contributed by atoms with E-state index in [4.69, 9.17) is 14.0 Å². The second-order valence-electron chi connectivity index (χ2n) is 4.75. The van der Waals surface area contributed by atoms with E-state index in [1.165, 1.54) is 21.0 Å². The number of hydrogen-bond acceptors (Lipinski definition) is 7. The normalized spacial score (nSPS) is 11.1. The fourth-order valence-corrected chi connectivity index (χ4v) is 3.14. The zero-order valence-electron chi connectivity index (χ0n) is 13.3. The molecule has 24 heavy (non-hydrogen) atoms. The van der Waals surface area contributed by atoms with Gasteiger partial charge in [0.05, 0.1) is 7.11 Å². The number of benzene rings is 1. The SMILES string of the molecule is COc1ccccc1OCC(=O)NNS(=O)(=O)c1c(C)noc1C. The number of carbonyl (C=O) groups excluding carboxylic acids is 1. The average molecular weight is 355 g/mol. The van der Waals surface area contributed by atoms with Crippen LogP contribution in [0.15, 0.2) is 33.7 Å². The smallest absolute Gasteiger partial charge is 0.272 e. The zero-order valence-corrected chi connectivity index (χ0v) is 14.1. The molecule has 0 saturated carbocycles. The van der Waals surface area contributed by atoms with Gasteiger partial charge in [-0.15, -0.1) is 4.83 Å². The van der Waals surface area contributed by atoms with E-state index in [2.05, 4.69) is 10.6 Å². The molecule has 2 N–H and O–H groups in total. The Morgan fingerprint density at radius 1 is 1.25 bits per heavy atom. The zero-order chi connectivity index (χ0) is 17.7. The van der Waals surface area contributed by atoms with Crippen LogP contribution < -0.4 is 19.7 Å². The van der Waals surface area contributed by atoms with Gasteiger partial charge in [0.15, 0.2) is 23.9 Å².